The average molecular weight is 254 g/mol. The van der Waals surface area contributed by atoms with Crippen molar-refractivity contribution in [2.45, 2.75) is 0 Å². The number of benzene rings is 2. The molecule has 0 aliphatic heterocycles. The molecule has 0 aromatic heterocycles. The highest BCUT2D eigenvalue weighted by Crippen LogP contribution is 2.17. The van der Waals surface area contributed by atoms with Crippen LogP contribution in [0.1, 0.15) is 15.9 Å². The Balaban J connectivity index is 2.29. The highest BCUT2D eigenvalue weighted by atomic mass is 17.2. The summed E-state index contributed by atoms with van der Waals surface area (Å²) in [6.45, 7) is 0. The molecule has 0 aliphatic rings. The molecule has 0 fully saturated rings. The van der Waals surface area contributed by atoms with E-state index in [2.05, 4.69) is 4.89 Å². The van der Waals surface area contributed by atoms with Crippen LogP contribution < -0.4 is 0 Å². The number of hydrogen-bond acceptors (Lipinski definition) is 3. The highest BCUT2D eigenvalue weighted by Gasteiger charge is 2.08. The summed E-state index contributed by atoms with van der Waals surface area (Å²) in [6.07, 6.45) is 1.42. The van der Waals surface area contributed by atoms with Gasteiger partial charge >= 0.3 is 0 Å². The summed E-state index contributed by atoms with van der Waals surface area (Å²) in [6, 6.07) is 18.4. The Bertz CT molecular complexity index is 559. The van der Waals surface area contributed by atoms with Crippen molar-refractivity contribution in [2.24, 2.45) is 0 Å². The van der Waals surface area contributed by atoms with E-state index in [-0.39, 0.29) is 5.78 Å². The van der Waals surface area contributed by atoms with Crippen molar-refractivity contribution in [3.05, 3.63) is 77.9 Å². The van der Waals surface area contributed by atoms with E-state index in [9.17, 15) is 4.79 Å². The van der Waals surface area contributed by atoms with Gasteiger partial charge < -0.3 is 4.89 Å². The van der Waals surface area contributed by atoms with E-state index < -0.39 is 0 Å². The first-order valence-corrected chi connectivity index (χ1v) is 5.88. The van der Waals surface area contributed by atoms with Crippen LogP contribution in [0.25, 0.3) is 5.76 Å². The monoisotopic (exact) mass is 254 g/mol. The van der Waals surface area contributed by atoms with Gasteiger partial charge in [0, 0.05) is 17.2 Å². The summed E-state index contributed by atoms with van der Waals surface area (Å²) < 4.78 is 0. The summed E-state index contributed by atoms with van der Waals surface area (Å²) in [5.41, 5.74) is 1.39. The number of carbonyl (C=O) groups is 1. The zero-order chi connectivity index (χ0) is 13.5. The first-order valence-electron chi connectivity index (χ1n) is 5.88. The molecule has 3 heteroatoms. The zero-order valence-electron chi connectivity index (χ0n) is 10.6. The van der Waals surface area contributed by atoms with Crippen molar-refractivity contribution in [3.63, 3.8) is 0 Å². The molecular formula is C16H14O3. The average Bonchev–Trinajstić information content (AvgIpc) is 2.48. The second kappa shape index (κ2) is 6.52. The van der Waals surface area contributed by atoms with Crippen LogP contribution in [0.5, 0.6) is 0 Å². The summed E-state index contributed by atoms with van der Waals surface area (Å²) in [7, 11) is 1.41. The highest BCUT2D eigenvalue weighted by molar-refractivity contribution is 6.07. The molecule has 0 radical (unpaired) electrons. The molecule has 0 atom stereocenters. The van der Waals surface area contributed by atoms with Gasteiger partial charge in [0.15, 0.2) is 11.5 Å². The zero-order valence-corrected chi connectivity index (χ0v) is 10.6. The molecule has 0 heterocycles. The number of rotatable bonds is 5. The summed E-state index contributed by atoms with van der Waals surface area (Å²) in [5, 5.41) is 0. The van der Waals surface area contributed by atoms with Crippen LogP contribution in [0.3, 0.4) is 0 Å². The Morgan fingerprint density at radius 2 is 1.42 bits per heavy atom. The largest absolute Gasteiger partial charge is 0.337 e. The number of carbonyl (C=O) groups excluding carboxylic acids is 1. The standard InChI is InChI=1S/C16H14O3/c1-18-19-16(14-10-6-3-7-11-14)12-15(17)13-8-4-2-5-9-13/h2-12H,1H3/b16-12-. The minimum absolute atomic E-state index is 0.128. The Morgan fingerprint density at radius 1 is 0.895 bits per heavy atom. The minimum atomic E-state index is -0.128. The molecule has 3 nitrogen and oxygen atoms in total. The van der Waals surface area contributed by atoms with Crippen molar-refractivity contribution in [1.82, 2.24) is 0 Å². The van der Waals surface area contributed by atoms with Crippen LogP contribution in [0, 0.1) is 0 Å². The van der Waals surface area contributed by atoms with Crippen molar-refractivity contribution < 1.29 is 14.6 Å². The molecule has 0 spiro atoms. The predicted molar refractivity (Wildman–Crippen MR) is 73.3 cm³/mol. The smallest absolute Gasteiger partial charge is 0.189 e. The lowest BCUT2D eigenvalue weighted by Gasteiger charge is -2.06. The molecule has 0 saturated heterocycles. The van der Waals surface area contributed by atoms with Crippen LogP contribution in [0.4, 0.5) is 0 Å². The van der Waals surface area contributed by atoms with Crippen molar-refractivity contribution >= 4 is 11.5 Å². The van der Waals surface area contributed by atoms with Gasteiger partial charge in [-0.2, -0.15) is 4.89 Å². The van der Waals surface area contributed by atoms with E-state index >= 15 is 0 Å². The van der Waals surface area contributed by atoms with Gasteiger partial charge in [0.1, 0.15) is 0 Å². The third-order valence-electron chi connectivity index (χ3n) is 2.55. The van der Waals surface area contributed by atoms with Crippen molar-refractivity contribution in [2.75, 3.05) is 7.11 Å². The number of allylic oxidation sites excluding steroid dienone is 1. The Kier molecular flexibility index (Phi) is 4.48. The Hall–Kier alpha value is -2.39. The fraction of sp³-hybridized carbons (Fsp3) is 0.0625. The maximum absolute atomic E-state index is 12.1. The molecule has 0 amide bonds. The Morgan fingerprint density at radius 3 is 1.95 bits per heavy atom. The molecule has 19 heavy (non-hydrogen) atoms. The molecule has 0 aliphatic carbocycles. The van der Waals surface area contributed by atoms with E-state index in [1.165, 1.54) is 13.2 Å². The fourth-order valence-electron chi connectivity index (χ4n) is 1.65. The molecule has 96 valence electrons. The van der Waals surface area contributed by atoms with Crippen LogP contribution in [0.15, 0.2) is 66.7 Å². The van der Waals surface area contributed by atoms with Gasteiger partial charge in [-0.25, -0.2) is 0 Å². The van der Waals surface area contributed by atoms with E-state index in [0.29, 0.717) is 11.3 Å². The fourth-order valence-corrected chi connectivity index (χ4v) is 1.65. The lowest BCUT2D eigenvalue weighted by molar-refractivity contribution is -0.207. The number of hydrogen-bond donors (Lipinski definition) is 0. The normalized spacial score (nSPS) is 11.1. The molecule has 0 N–H and O–H groups in total. The van der Waals surface area contributed by atoms with Gasteiger partial charge in [0.05, 0.1) is 7.11 Å². The first-order chi connectivity index (χ1) is 9.31. The molecule has 0 unspecified atom stereocenters. The lowest BCUT2D eigenvalue weighted by atomic mass is 10.1. The van der Waals surface area contributed by atoms with E-state index in [4.69, 9.17) is 4.89 Å². The molecule has 0 bridgehead atoms. The van der Waals surface area contributed by atoms with Crippen molar-refractivity contribution in [3.8, 4) is 0 Å². The van der Waals surface area contributed by atoms with E-state index in [1.54, 1.807) is 12.1 Å². The minimum Gasteiger partial charge on any atom is -0.337 e. The SMILES string of the molecule is COO/C(=C\C(=O)c1ccccc1)c1ccccc1. The van der Waals surface area contributed by atoms with Gasteiger partial charge in [-0.3, -0.25) is 4.79 Å². The second-order valence-corrected chi connectivity index (χ2v) is 3.85. The third kappa shape index (κ3) is 3.53. The predicted octanol–water partition coefficient (Wildman–Crippen LogP) is 3.49. The first kappa shape index (κ1) is 13.1. The van der Waals surface area contributed by atoms with Gasteiger partial charge in [0.25, 0.3) is 0 Å². The lowest BCUT2D eigenvalue weighted by Crippen LogP contribution is -1.99. The molecule has 2 rings (SSSR count). The molecule has 0 saturated carbocycles. The summed E-state index contributed by atoms with van der Waals surface area (Å²) in [5.74, 6) is 0.258. The van der Waals surface area contributed by atoms with Crippen LogP contribution >= 0.6 is 0 Å². The molecule has 2 aromatic carbocycles. The molecule has 2 aromatic rings. The van der Waals surface area contributed by atoms with Crippen LogP contribution in [0.2, 0.25) is 0 Å². The van der Waals surface area contributed by atoms with Crippen molar-refractivity contribution in [1.29, 1.82) is 0 Å². The number of ketones is 1. The topological polar surface area (TPSA) is 35.5 Å². The Labute approximate surface area is 112 Å². The molecular weight excluding hydrogens is 240 g/mol. The second-order valence-electron chi connectivity index (χ2n) is 3.85. The van der Waals surface area contributed by atoms with Crippen LogP contribution in [-0.2, 0) is 9.78 Å². The summed E-state index contributed by atoms with van der Waals surface area (Å²) >= 11 is 0. The van der Waals surface area contributed by atoms with E-state index in [1.807, 2.05) is 48.5 Å². The van der Waals surface area contributed by atoms with Gasteiger partial charge in [-0.05, 0) is 0 Å². The maximum Gasteiger partial charge on any atom is 0.189 e. The van der Waals surface area contributed by atoms with Gasteiger partial charge in [0.2, 0.25) is 0 Å². The van der Waals surface area contributed by atoms with Crippen LogP contribution in [-0.4, -0.2) is 12.9 Å². The quantitative estimate of drug-likeness (QED) is 0.269. The third-order valence-corrected chi connectivity index (χ3v) is 2.55. The van der Waals surface area contributed by atoms with Gasteiger partial charge in [-0.1, -0.05) is 60.7 Å². The maximum atomic E-state index is 12.1. The summed E-state index contributed by atoms with van der Waals surface area (Å²) in [4.78, 5) is 21.8. The van der Waals surface area contributed by atoms with E-state index in [0.717, 1.165) is 5.56 Å². The van der Waals surface area contributed by atoms with Gasteiger partial charge in [-0.15, -0.1) is 0 Å².